The zero-order chi connectivity index (χ0) is 70.3. The van der Waals surface area contributed by atoms with Crippen LogP contribution < -0.4 is 55.7 Å². The molecule has 0 saturated carbocycles. The van der Waals surface area contributed by atoms with Gasteiger partial charge >= 0.3 is 18.2 Å². The molecule has 4 aromatic carbocycles. The van der Waals surface area contributed by atoms with Gasteiger partial charge in [-0.3, -0.25) is 38.5 Å². The van der Waals surface area contributed by atoms with E-state index in [0.29, 0.717) is 55.3 Å². The lowest BCUT2D eigenvalue weighted by molar-refractivity contribution is -0.137. The number of carbonyl (C=O) groups excluding carboxylic acids is 10. The Balaban J connectivity index is 0.812. The van der Waals surface area contributed by atoms with E-state index in [1.165, 1.54) is 60.4 Å². The van der Waals surface area contributed by atoms with Crippen LogP contribution in [0.25, 0.3) is 0 Å². The van der Waals surface area contributed by atoms with Crippen LogP contribution in [-0.2, 0) is 46.7 Å². The summed E-state index contributed by atoms with van der Waals surface area (Å²) in [6.07, 6.45) is 1.35. The van der Waals surface area contributed by atoms with Crippen LogP contribution in [0.15, 0.2) is 115 Å². The van der Waals surface area contributed by atoms with Crippen molar-refractivity contribution in [1.82, 2.24) is 30.7 Å². The lowest BCUT2D eigenvalue weighted by Gasteiger charge is -2.31. The molecular formula is C70H84N10O18. The van der Waals surface area contributed by atoms with Crippen LogP contribution in [0.1, 0.15) is 116 Å². The summed E-state index contributed by atoms with van der Waals surface area (Å²) in [5.74, 6) is -2.91. The van der Waals surface area contributed by atoms with Crippen molar-refractivity contribution in [1.29, 1.82) is 0 Å². The number of primary amides is 1. The first kappa shape index (κ1) is 71.8. The Hall–Kier alpha value is -10.5. The van der Waals surface area contributed by atoms with Crippen molar-refractivity contribution in [2.75, 3.05) is 68.7 Å². The smallest absolute Gasteiger partial charge is 0.416 e. The van der Waals surface area contributed by atoms with Gasteiger partial charge in [-0.05, 0) is 99.1 Å². The van der Waals surface area contributed by atoms with E-state index in [2.05, 4.69) is 34.4 Å². The number of amides is 11. The molecule has 5 aliphatic heterocycles. The van der Waals surface area contributed by atoms with E-state index in [1.54, 1.807) is 50.2 Å². The SMILES string of the molecule is C=C1C[C@H]2C(O)N(C(=O)OCc3ccccc3)c3cc(OCCCCCOc4cc5c(cc4OC)C(=O)N4CC(=C)C[C@H]4C(O)N5C(=O)OCc4ccc(NC(=O)[C@H](CCCNC(N)=O)NC(=O)[C@@H](NC(=O)CCCCCN5C(=O)C=CC5=O)C(C)C)cc4)c(OC)cc3C(=O)N2C1. The lowest BCUT2D eigenvalue weighted by Crippen LogP contribution is -2.54. The van der Waals surface area contributed by atoms with Crippen LogP contribution in [0, 0.1) is 5.92 Å². The van der Waals surface area contributed by atoms with Gasteiger partial charge in [0.2, 0.25) is 17.7 Å². The number of benzene rings is 4. The topological polar surface area (TPSA) is 357 Å². The molecule has 2 unspecified atom stereocenters. The molecule has 8 N–H and O–H groups in total. The van der Waals surface area contributed by atoms with Gasteiger partial charge in [-0.2, -0.15) is 0 Å². The predicted molar refractivity (Wildman–Crippen MR) is 357 cm³/mol. The van der Waals surface area contributed by atoms with Crippen LogP contribution in [0.4, 0.5) is 31.4 Å². The van der Waals surface area contributed by atoms with Gasteiger partial charge in [0.25, 0.3) is 23.6 Å². The Labute approximate surface area is 567 Å². The molecule has 5 aliphatic rings. The number of urea groups is 1. The molecule has 11 amide bonds. The maximum Gasteiger partial charge on any atom is 0.416 e. The number of nitrogens with zero attached hydrogens (tertiary/aromatic N) is 5. The largest absolute Gasteiger partial charge is 0.493 e. The number of aliphatic hydroxyl groups excluding tert-OH is 2. The van der Waals surface area contributed by atoms with Crippen LogP contribution in [-0.4, -0.2) is 175 Å². The maximum atomic E-state index is 14.4. The Kier molecular flexibility index (Phi) is 24.2. The molecule has 0 aliphatic carbocycles. The van der Waals surface area contributed by atoms with Crippen molar-refractivity contribution in [3.8, 4) is 23.0 Å². The van der Waals surface area contributed by atoms with Gasteiger partial charge in [-0.15, -0.1) is 0 Å². The summed E-state index contributed by atoms with van der Waals surface area (Å²) >= 11 is 0. The number of nitrogens with two attached hydrogens (primary N) is 1. The quantitative estimate of drug-likeness (QED) is 0.0170. The highest BCUT2D eigenvalue weighted by Crippen LogP contribution is 2.44. The summed E-state index contributed by atoms with van der Waals surface area (Å²) in [6, 6.07) is 16.6. The highest BCUT2D eigenvalue weighted by atomic mass is 16.6. The van der Waals surface area contributed by atoms with Crippen LogP contribution in [0.5, 0.6) is 23.0 Å². The second-order valence-corrected chi connectivity index (χ2v) is 24.8. The summed E-state index contributed by atoms with van der Waals surface area (Å²) in [4.78, 5) is 139. The fraction of sp³-hybridized carbons (Fsp3) is 0.429. The number of nitrogens with one attached hydrogen (secondary N) is 4. The second-order valence-electron chi connectivity index (χ2n) is 24.8. The van der Waals surface area contributed by atoms with Crippen molar-refractivity contribution < 1.29 is 86.6 Å². The second kappa shape index (κ2) is 33.0. The van der Waals surface area contributed by atoms with Gasteiger partial charge in [-0.25, -0.2) is 24.2 Å². The molecule has 2 saturated heterocycles. The molecule has 6 atom stereocenters. The van der Waals surface area contributed by atoms with Gasteiger partial charge in [0.05, 0.1) is 62.0 Å². The molecule has 2 fully saturated rings. The number of carbonyl (C=O) groups is 10. The van der Waals surface area contributed by atoms with Crippen molar-refractivity contribution in [3.05, 3.63) is 138 Å². The van der Waals surface area contributed by atoms with Crippen molar-refractivity contribution in [2.24, 2.45) is 11.7 Å². The average molecular weight is 1350 g/mol. The number of rotatable bonds is 30. The predicted octanol–water partition coefficient (Wildman–Crippen LogP) is 6.32. The Morgan fingerprint density at radius 1 is 0.622 bits per heavy atom. The standard InChI is InChI=1S/C70H84N10O18/c1-41(2)61(75-58(81)20-12-8-13-28-76-59(82)25-26-60(76)83)63(85)74-49(19-16-27-72-68(71)90)62(84)73-46-23-21-45(22-24-46)40-98-70(92)80-51-36-57(55(94-6)34-48(51)65(87)78-38-43(4)32-53(78)67(80)89)96-30-15-9-14-29-95-56-35-50-47(33-54(56)93-5)64(86)77-37-42(3)31-52(77)66(88)79(50)69(91)97-39-44-17-10-7-11-18-44/h7,10-11,17-18,21-26,33-36,41,49,52-53,61,66-67,88-89H,3-4,8-9,12-16,19-20,27-32,37-40H2,1-2,5-6H3,(H,73,84)(H,74,85)(H,75,81)(H3,71,72,90)/t49-,52-,53-,61-,66?,67?/m0/s1. The number of methoxy groups -OCH3 is 2. The molecule has 5 heterocycles. The molecule has 28 nitrogen and oxygen atoms in total. The van der Waals surface area contributed by atoms with Gasteiger partial charge in [0.15, 0.2) is 35.5 Å². The number of ether oxygens (including phenoxy) is 6. The number of unbranched alkanes of at least 4 members (excludes halogenated alkanes) is 4. The van der Waals surface area contributed by atoms with Crippen molar-refractivity contribution in [3.63, 3.8) is 0 Å². The number of imide groups is 1. The van der Waals surface area contributed by atoms with E-state index < -0.39 is 84.4 Å². The Bertz CT molecular complexity index is 3700. The Morgan fingerprint density at radius 3 is 1.63 bits per heavy atom. The van der Waals surface area contributed by atoms with E-state index in [9.17, 15) is 58.2 Å². The number of anilines is 3. The average Bonchev–Trinajstić information content (AvgIpc) is 1.59. The summed E-state index contributed by atoms with van der Waals surface area (Å²) in [5.41, 5.74) is 8.36. The zero-order valence-electron chi connectivity index (χ0n) is 55.3. The summed E-state index contributed by atoms with van der Waals surface area (Å²) < 4.78 is 35.4. The summed E-state index contributed by atoms with van der Waals surface area (Å²) in [7, 11) is 2.83. The lowest BCUT2D eigenvalue weighted by atomic mass is 10.0. The van der Waals surface area contributed by atoms with E-state index >= 15 is 0 Å². The number of hydrogen-bond acceptors (Lipinski definition) is 18. The molecule has 0 spiro atoms. The first-order chi connectivity index (χ1) is 47.0. The molecule has 0 bridgehead atoms. The van der Waals surface area contributed by atoms with Gasteiger partial charge in [0, 0.05) is 62.6 Å². The molecule has 9 rings (SSSR count). The first-order valence-corrected chi connectivity index (χ1v) is 32.6. The molecule has 0 radical (unpaired) electrons. The highest BCUT2D eigenvalue weighted by molar-refractivity contribution is 6.13. The van der Waals surface area contributed by atoms with Crippen LogP contribution >= 0.6 is 0 Å². The van der Waals surface area contributed by atoms with E-state index in [4.69, 9.17) is 34.2 Å². The maximum absolute atomic E-state index is 14.4. The number of hydrogen-bond donors (Lipinski definition) is 7. The summed E-state index contributed by atoms with van der Waals surface area (Å²) in [6.45, 7) is 12.1. The van der Waals surface area contributed by atoms with E-state index in [-0.39, 0.29) is 148 Å². The minimum atomic E-state index is -1.60. The van der Waals surface area contributed by atoms with Gasteiger partial charge in [0.1, 0.15) is 25.3 Å². The van der Waals surface area contributed by atoms with Crippen molar-refractivity contribution in [2.45, 2.75) is 134 Å². The van der Waals surface area contributed by atoms with Crippen molar-refractivity contribution >= 4 is 76.6 Å². The molecule has 522 valence electrons. The zero-order valence-corrected chi connectivity index (χ0v) is 55.3. The van der Waals surface area contributed by atoms with Gasteiger partial charge in [-0.1, -0.05) is 87.0 Å². The first-order valence-electron chi connectivity index (χ1n) is 32.6. The molecule has 98 heavy (non-hydrogen) atoms. The summed E-state index contributed by atoms with van der Waals surface area (Å²) in [5, 5.41) is 34.6. The third-order valence-electron chi connectivity index (χ3n) is 17.4. The molecule has 28 heteroatoms. The van der Waals surface area contributed by atoms with Gasteiger partial charge < -0.3 is 75.4 Å². The van der Waals surface area contributed by atoms with E-state index in [0.717, 1.165) is 25.8 Å². The fourth-order valence-corrected chi connectivity index (χ4v) is 12.2. The van der Waals surface area contributed by atoms with Crippen LogP contribution in [0.2, 0.25) is 0 Å². The molecular weight excluding hydrogens is 1270 g/mol. The minimum Gasteiger partial charge on any atom is -0.493 e. The molecule has 0 aromatic heterocycles. The third kappa shape index (κ3) is 17.4. The Morgan fingerprint density at radius 2 is 1.13 bits per heavy atom. The third-order valence-corrected chi connectivity index (χ3v) is 17.4. The number of fused-ring (bicyclic) bond motifs is 4. The highest BCUT2D eigenvalue weighted by Gasteiger charge is 2.48. The minimum absolute atomic E-state index is 0.000428. The number of aliphatic hydroxyl groups is 2. The normalized spacial score (nSPS) is 18.4. The van der Waals surface area contributed by atoms with Crippen LogP contribution in [0.3, 0.4) is 0 Å². The molecule has 4 aromatic rings. The fourth-order valence-electron chi connectivity index (χ4n) is 12.2. The monoisotopic (exact) mass is 1350 g/mol. The van der Waals surface area contributed by atoms with E-state index in [1.807, 2.05) is 18.2 Å².